The average Bonchev–Trinajstić information content (AvgIpc) is 2.42. The van der Waals surface area contributed by atoms with Crippen molar-refractivity contribution in [3.63, 3.8) is 0 Å². The van der Waals surface area contributed by atoms with Crippen LogP contribution >= 0.6 is 0 Å². The molecule has 0 aliphatic rings. The summed E-state index contributed by atoms with van der Waals surface area (Å²) >= 11 is 0. The summed E-state index contributed by atoms with van der Waals surface area (Å²) in [5.74, 6) is 1.63. The molecule has 2 aromatic rings. The Labute approximate surface area is 114 Å². The van der Waals surface area contributed by atoms with Crippen LogP contribution in [-0.4, -0.2) is 17.0 Å². The van der Waals surface area contributed by atoms with Gasteiger partial charge in [0, 0.05) is 11.9 Å². The van der Waals surface area contributed by atoms with Gasteiger partial charge in [0.15, 0.2) is 0 Å². The van der Waals surface area contributed by atoms with Crippen molar-refractivity contribution < 1.29 is 0 Å². The standard InChI is InChI=1S/C15H20N4/c1-4-12-7-5-6-11(2)15(12)19-13-8-9-17-14(18-13)10-16-3/h5-9,16H,4,10H2,1-3H3,(H,17,18,19). The summed E-state index contributed by atoms with van der Waals surface area (Å²) in [5.41, 5.74) is 3.68. The molecule has 1 aromatic carbocycles. The smallest absolute Gasteiger partial charge is 0.144 e. The topological polar surface area (TPSA) is 49.8 Å². The van der Waals surface area contributed by atoms with Crippen LogP contribution in [0.4, 0.5) is 11.5 Å². The summed E-state index contributed by atoms with van der Waals surface area (Å²) in [6, 6.07) is 8.24. The summed E-state index contributed by atoms with van der Waals surface area (Å²) in [7, 11) is 1.89. The third-order valence-electron chi connectivity index (χ3n) is 3.03. The molecule has 100 valence electrons. The molecule has 19 heavy (non-hydrogen) atoms. The summed E-state index contributed by atoms with van der Waals surface area (Å²) in [6.07, 6.45) is 2.78. The largest absolute Gasteiger partial charge is 0.340 e. The fourth-order valence-electron chi connectivity index (χ4n) is 2.04. The van der Waals surface area contributed by atoms with Crippen molar-refractivity contribution in [2.45, 2.75) is 26.8 Å². The number of rotatable bonds is 5. The molecule has 1 heterocycles. The third-order valence-corrected chi connectivity index (χ3v) is 3.03. The number of anilines is 2. The van der Waals surface area contributed by atoms with Crippen molar-refractivity contribution in [1.82, 2.24) is 15.3 Å². The van der Waals surface area contributed by atoms with Gasteiger partial charge in [0.1, 0.15) is 11.6 Å². The molecule has 0 unspecified atom stereocenters. The zero-order valence-corrected chi connectivity index (χ0v) is 11.7. The second kappa shape index (κ2) is 6.29. The Morgan fingerprint density at radius 3 is 2.79 bits per heavy atom. The van der Waals surface area contributed by atoms with E-state index in [1.54, 1.807) is 6.20 Å². The van der Waals surface area contributed by atoms with Crippen molar-refractivity contribution in [3.8, 4) is 0 Å². The Kier molecular flexibility index (Phi) is 4.47. The fraction of sp³-hybridized carbons (Fsp3) is 0.333. The molecule has 2 rings (SSSR count). The maximum absolute atomic E-state index is 4.49. The van der Waals surface area contributed by atoms with Crippen LogP contribution in [0, 0.1) is 6.92 Å². The summed E-state index contributed by atoms with van der Waals surface area (Å²) in [6.45, 7) is 4.94. The Bertz CT molecular complexity index is 552. The van der Waals surface area contributed by atoms with Crippen molar-refractivity contribution in [2.24, 2.45) is 0 Å². The highest BCUT2D eigenvalue weighted by Gasteiger charge is 2.06. The predicted molar refractivity (Wildman–Crippen MR) is 78.6 cm³/mol. The van der Waals surface area contributed by atoms with Gasteiger partial charge in [-0.05, 0) is 37.6 Å². The lowest BCUT2D eigenvalue weighted by Crippen LogP contribution is -2.10. The second-order valence-electron chi connectivity index (χ2n) is 4.48. The maximum atomic E-state index is 4.49. The number of para-hydroxylation sites is 1. The van der Waals surface area contributed by atoms with Crippen molar-refractivity contribution in [3.05, 3.63) is 47.4 Å². The van der Waals surface area contributed by atoms with Crippen molar-refractivity contribution in [1.29, 1.82) is 0 Å². The second-order valence-corrected chi connectivity index (χ2v) is 4.48. The first-order valence-corrected chi connectivity index (χ1v) is 6.56. The predicted octanol–water partition coefficient (Wildman–Crippen LogP) is 2.81. The Balaban J connectivity index is 2.28. The molecule has 0 atom stereocenters. The SMILES string of the molecule is CCc1cccc(C)c1Nc1ccnc(CNC)n1. The van der Waals surface area contributed by atoms with Crippen LogP contribution in [0.1, 0.15) is 23.9 Å². The molecule has 0 aliphatic carbocycles. The van der Waals surface area contributed by atoms with Crippen LogP contribution in [0.25, 0.3) is 0 Å². The highest BCUT2D eigenvalue weighted by atomic mass is 15.0. The minimum atomic E-state index is 0.671. The number of hydrogen-bond donors (Lipinski definition) is 2. The highest BCUT2D eigenvalue weighted by molar-refractivity contribution is 5.64. The van der Waals surface area contributed by atoms with Crippen LogP contribution in [0.15, 0.2) is 30.5 Å². The number of aromatic nitrogens is 2. The Hall–Kier alpha value is -1.94. The van der Waals surface area contributed by atoms with E-state index in [1.807, 2.05) is 13.1 Å². The van der Waals surface area contributed by atoms with Gasteiger partial charge in [-0.3, -0.25) is 0 Å². The number of nitrogens with one attached hydrogen (secondary N) is 2. The number of aryl methyl sites for hydroxylation is 2. The lowest BCUT2D eigenvalue weighted by atomic mass is 10.1. The number of hydrogen-bond acceptors (Lipinski definition) is 4. The first-order valence-electron chi connectivity index (χ1n) is 6.56. The molecule has 0 saturated heterocycles. The first-order chi connectivity index (χ1) is 9.24. The highest BCUT2D eigenvalue weighted by Crippen LogP contribution is 2.24. The summed E-state index contributed by atoms with van der Waals surface area (Å²) < 4.78 is 0. The van der Waals surface area contributed by atoms with Gasteiger partial charge in [0.2, 0.25) is 0 Å². The molecule has 0 bridgehead atoms. The third kappa shape index (κ3) is 3.29. The van der Waals surface area contributed by atoms with E-state index in [2.05, 4.69) is 52.6 Å². The van der Waals surface area contributed by atoms with E-state index in [1.165, 1.54) is 11.1 Å². The van der Waals surface area contributed by atoms with Crippen LogP contribution < -0.4 is 10.6 Å². The lowest BCUT2D eigenvalue weighted by Gasteiger charge is -2.13. The van der Waals surface area contributed by atoms with Crippen LogP contribution in [0.2, 0.25) is 0 Å². The Morgan fingerprint density at radius 2 is 2.05 bits per heavy atom. The maximum Gasteiger partial charge on any atom is 0.144 e. The molecular weight excluding hydrogens is 236 g/mol. The minimum Gasteiger partial charge on any atom is -0.340 e. The van der Waals surface area contributed by atoms with E-state index in [-0.39, 0.29) is 0 Å². The van der Waals surface area contributed by atoms with Crippen LogP contribution in [0.5, 0.6) is 0 Å². The zero-order chi connectivity index (χ0) is 13.7. The van der Waals surface area contributed by atoms with E-state index in [0.717, 1.165) is 23.8 Å². The molecule has 0 amide bonds. The number of nitrogens with zero attached hydrogens (tertiary/aromatic N) is 2. The monoisotopic (exact) mass is 256 g/mol. The van der Waals surface area contributed by atoms with Crippen molar-refractivity contribution in [2.75, 3.05) is 12.4 Å². The lowest BCUT2D eigenvalue weighted by molar-refractivity contribution is 0.759. The van der Waals surface area contributed by atoms with E-state index in [0.29, 0.717) is 6.54 Å². The van der Waals surface area contributed by atoms with Gasteiger partial charge in [-0.1, -0.05) is 25.1 Å². The van der Waals surface area contributed by atoms with Gasteiger partial charge in [-0.15, -0.1) is 0 Å². The minimum absolute atomic E-state index is 0.671. The van der Waals surface area contributed by atoms with E-state index < -0.39 is 0 Å². The van der Waals surface area contributed by atoms with E-state index in [4.69, 9.17) is 0 Å². The Morgan fingerprint density at radius 1 is 1.21 bits per heavy atom. The van der Waals surface area contributed by atoms with E-state index in [9.17, 15) is 0 Å². The quantitative estimate of drug-likeness (QED) is 0.863. The van der Waals surface area contributed by atoms with Gasteiger partial charge in [-0.2, -0.15) is 0 Å². The molecule has 0 saturated carbocycles. The van der Waals surface area contributed by atoms with Gasteiger partial charge < -0.3 is 10.6 Å². The molecule has 2 N–H and O–H groups in total. The van der Waals surface area contributed by atoms with Crippen molar-refractivity contribution >= 4 is 11.5 Å². The van der Waals surface area contributed by atoms with Gasteiger partial charge in [0.25, 0.3) is 0 Å². The van der Waals surface area contributed by atoms with Crippen LogP contribution in [0.3, 0.4) is 0 Å². The number of benzene rings is 1. The average molecular weight is 256 g/mol. The van der Waals surface area contributed by atoms with Crippen LogP contribution in [-0.2, 0) is 13.0 Å². The molecule has 0 spiro atoms. The molecule has 1 aromatic heterocycles. The molecule has 0 aliphatic heterocycles. The van der Waals surface area contributed by atoms with E-state index >= 15 is 0 Å². The normalized spacial score (nSPS) is 10.5. The van der Waals surface area contributed by atoms with Gasteiger partial charge in [0.05, 0.1) is 6.54 Å². The summed E-state index contributed by atoms with van der Waals surface area (Å²) in [5, 5.41) is 6.47. The molecule has 0 fully saturated rings. The molecule has 4 heteroatoms. The summed E-state index contributed by atoms with van der Waals surface area (Å²) in [4.78, 5) is 8.71. The molecule has 4 nitrogen and oxygen atoms in total. The van der Waals surface area contributed by atoms with Gasteiger partial charge >= 0.3 is 0 Å². The first kappa shape index (κ1) is 13.5. The van der Waals surface area contributed by atoms with Gasteiger partial charge in [-0.25, -0.2) is 9.97 Å². The molecule has 0 radical (unpaired) electrons. The zero-order valence-electron chi connectivity index (χ0n) is 11.7. The molecular formula is C15H20N4. The fourth-order valence-corrected chi connectivity index (χ4v) is 2.04.